The SMILES string of the molecule is C.CC/C=C\C/C=C\CCCC. The normalized spacial score (nSPS) is 10.8. The third-order valence-electron chi connectivity index (χ3n) is 1.57. The maximum absolute atomic E-state index is 2.28. The van der Waals surface area contributed by atoms with Gasteiger partial charge in [0.25, 0.3) is 0 Å². The molecule has 0 rings (SSSR count). The first kappa shape index (κ1) is 14.0. The number of hydrogen-bond acceptors (Lipinski definition) is 0. The van der Waals surface area contributed by atoms with Crippen LogP contribution in [0.3, 0.4) is 0 Å². The topological polar surface area (TPSA) is 0 Å². The van der Waals surface area contributed by atoms with Crippen LogP contribution in [0.25, 0.3) is 0 Å². The monoisotopic (exact) mass is 168 g/mol. The van der Waals surface area contributed by atoms with Gasteiger partial charge in [-0.05, 0) is 19.3 Å². The molecule has 0 fully saturated rings. The Labute approximate surface area is 78.4 Å². The first-order chi connectivity index (χ1) is 5.41. The van der Waals surface area contributed by atoms with Gasteiger partial charge in [0.1, 0.15) is 0 Å². The summed E-state index contributed by atoms with van der Waals surface area (Å²) in [6.07, 6.45) is 15.1. The van der Waals surface area contributed by atoms with E-state index >= 15 is 0 Å². The molecule has 72 valence electrons. The van der Waals surface area contributed by atoms with Crippen LogP contribution in [0.2, 0.25) is 0 Å². The molecule has 0 unspecified atom stereocenters. The van der Waals surface area contributed by atoms with Gasteiger partial charge in [-0.1, -0.05) is 58.4 Å². The minimum absolute atomic E-state index is 0. The van der Waals surface area contributed by atoms with Crippen molar-refractivity contribution < 1.29 is 0 Å². The predicted octanol–water partition coefficient (Wildman–Crippen LogP) is 4.73. The van der Waals surface area contributed by atoms with Crippen molar-refractivity contribution in [1.29, 1.82) is 0 Å². The highest BCUT2D eigenvalue weighted by Crippen LogP contribution is 1.96. The summed E-state index contributed by atoms with van der Waals surface area (Å²) < 4.78 is 0. The lowest BCUT2D eigenvalue weighted by molar-refractivity contribution is 0.813. The molecule has 0 saturated heterocycles. The molecular formula is C12H24. The Morgan fingerprint density at radius 2 is 1.58 bits per heavy atom. The number of unbranched alkanes of at least 4 members (excludes halogenated alkanes) is 2. The standard InChI is InChI=1S/C11H20.CH4/c1-3-5-7-9-11-10-8-6-4-2;/h5,7,10-11H,3-4,6,8-9H2,1-2H3;1H4/b7-5-,11-10-;. The average molecular weight is 168 g/mol. The lowest BCUT2D eigenvalue weighted by Crippen LogP contribution is -1.66. The van der Waals surface area contributed by atoms with Crippen LogP contribution in [0.1, 0.15) is 53.4 Å². The molecule has 0 aromatic carbocycles. The lowest BCUT2D eigenvalue weighted by Gasteiger charge is -1.86. The maximum atomic E-state index is 2.28. The first-order valence-corrected chi connectivity index (χ1v) is 4.71. The van der Waals surface area contributed by atoms with E-state index in [4.69, 9.17) is 0 Å². The average Bonchev–Trinajstić information content (AvgIpc) is 2.03. The van der Waals surface area contributed by atoms with Gasteiger partial charge in [0.05, 0.1) is 0 Å². The van der Waals surface area contributed by atoms with E-state index in [1.54, 1.807) is 0 Å². The van der Waals surface area contributed by atoms with Crippen molar-refractivity contribution in [2.24, 2.45) is 0 Å². The molecule has 0 spiro atoms. The Hall–Kier alpha value is -0.520. The molecule has 0 N–H and O–H groups in total. The summed E-state index contributed by atoms with van der Waals surface area (Å²) in [5, 5.41) is 0. The fourth-order valence-corrected chi connectivity index (χ4v) is 0.878. The summed E-state index contributed by atoms with van der Waals surface area (Å²) in [7, 11) is 0. The van der Waals surface area contributed by atoms with Crippen molar-refractivity contribution in [1.82, 2.24) is 0 Å². The molecule has 0 heteroatoms. The van der Waals surface area contributed by atoms with E-state index in [0.717, 1.165) is 12.8 Å². The summed E-state index contributed by atoms with van der Waals surface area (Å²) in [5.74, 6) is 0. The lowest BCUT2D eigenvalue weighted by atomic mass is 10.2. The first-order valence-electron chi connectivity index (χ1n) is 4.71. The smallest absolute Gasteiger partial charge is 0.0169 e. The molecule has 0 radical (unpaired) electrons. The van der Waals surface area contributed by atoms with Crippen molar-refractivity contribution in [3.8, 4) is 0 Å². The molecule has 0 bridgehead atoms. The summed E-state index contributed by atoms with van der Waals surface area (Å²) in [6, 6.07) is 0. The Morgan fingerprint density at radius 1 is 0.917 bits per heavy atom. The molecule has 0 atom stereocenters. The second-order valence-electron chi connectivity index (χ2n) is 2.73. The van der Waals surface area contributed by atoms with Gasteiger partial charge in [-0.2, -0.15) is 0 Å². The molecule has 0 aromatic rings. The highest BCUT2D eigenvalue weighted by atomic mass is 13.8. The fraction of sp³-hybridized carbons (Fsp3) is 0.667. The maximum Gasteiger partial charge on any atom is -0.0169 e. The van der Waals surface area contributed by atoms with E-state index in [0.29, 0.717) is 0 Å². The molecule has 12 heavy (non-hydrogen) atoms. The minimum Gasteiger partial charge on any atom is -0.0885 e. The van der Waals surface area contributed by atoms with Gasteiger partial charge in [0.15, 0.2) is 0 Å². The predicted molar refractivity (Wildman–Crippen MR) is 59.4 cm³/mol. The molecule has 0 aliphatic carbocycles. The van der Waals surface area contributed by atoms with Gasteiger partial charge in [-0.25, -0.2) is 0 Å². The zero-order chi connectivity index (χ0) is 8.36. The third kappa shape index (κ3) is 12.2. The van der Waals surface area contributed by atoms with Crippen LogP contribution in [0.4, 0.5) is 0 Å². The Balaban J connectivity index is 0. The highest BCUT2D eigenvalue weighted by molar-refractivity contribution is 4.92. The molecule has 0 amide bonds. The van der Waals surface area contributed by atoms with Gasteiger partial charge < -0.3 is 0 Å². The van der Waals surface area contributed by atoms with Crippen molar-refractivity contribution >= 4 is 0 Å². The third-order valence-corrected chi connectivity index (χ3v) is 1.57. The quantitative estimate of drug-likeness (QED) is 0.397. The van der Waals surface area contributed by atoms with Gasteiger partial charge >= 0.3 is 0 Å². The minimum atomic E-state index is 0. The summed E-state index contributed by atoms with van der Waals surface area (Å²) in [6.45, 7) is 4.39. The largest absolute Gasteiger partial charge is 0.0885 e. The van der Waals surface area contributed by atoms with Gasteiger partial charge in [-0.3, -0.25) is 0 Å². The van der Waals surface area contributed by atoms with Crippen molar-refractivity contribution in [2.45, 2.75) is 53.4 Å². The van der Waals surface area contributed by atoms with Crippen LogP contribution in [-0.2, 0) is 0 Å². The molecule has 0 nitrogen and oxygen atoms in total. The van der Waals surface area contributed by atoms with E-state index < -0.39 is 0 Å². The molecule has 0 aromatic heterocycles. The second kappa shape index (κ2) is 13.1. The summed E-state index contributed by atoms with van der Waals surface area (Å²) in [5.41, 5.74) is 0. The van der Waals surface area contributed by atoms with Crippen LogP contribution in [-0.4, -0.2) is 0 Å². The Morgan fingerprint density at radius 3 is 2.17 bits per heavy atom. The number of hydrogen-bond donors (Lipinski definition) is 0. The van der Waals surface area contributed by atoms with Crippen molar-refractivity contribution in [3.05, 3.63) is 24.3 Å². The molecule has 0 heterocycles. The molecule has 0 aliphatic heterocycles. The van der Waals surface area contributed by atoms with E-state index in [9.17, 15) is 0 Å². The van der Waals surface area contributed by atoms with Crippen LogP contribution in [0.5, 0.6) is 0 Å². The Bertz CT molecular complexity index is 109. The highest BCUT2D eigenvalue weighted by Gasteiger charge is 1.76. The van der Waals surface area contributed by atoms with Gasteiger partial charge in [0, 0.05) is 0 Å². The van der Waals surface area contributed by atoms with E-state index in [-0.39, 0.29) is 7.43 Å². The van der Waals surface area contributed by atoms with Gasteiger partial charge in [0.2, 0.25) is 0 Å². The molecule has 0 saturated carbocycles. The number of allylic oxidation sites excluding steroid dienone is 4. The Kier molecular flexibility index (Phi) is 15.3. The fourth-order valence-electron chi connectivity index (χ4n) is 0.878. The zero-order valence-electron chi connectivity index (χ0n) is 7.84. The van der Waals surface area contributed by atoms with Crippen molar-refractivity contribution in [3.63, 3.8) is 0 Å². The summed E-state index contributed by atoms with van der Waals surface area (Å²) in [4.78, 5) is 0. The van der Waals surface area contributed by atoms with E-state index in [2.05, 4.69) is 38.2 Å². The number of rotatable bonds is 6. The summed E-state index contributed by atoms with van der Waals surface area (Å²) >= 11 is 0. The second-order valence-corrected chi connectivity index (χ2v) is 2.73. The van der Waals surface area contributed by atoms with E-state index in [1.165, 1.54) is 19.3 Å². The zero-order valence-corrected chi connectivity index (χ0v) is 7.84. The van der Waals surface area contributed by atoms with E-state index in [1.807, 2.05) is 0 Å². The molecule has 0 aliphatic rings. The molecular weight excluding hydrogens is 144 g/mol. The van der Waals surface area contributed by atoms with Crippen LogP contribution < -0.4 is 0 Å². The van der Waals surface area contributed by atoms with Crippen LogP contribution in [0, 0.1) is 0 Å². The van der Waals surface area contributed by atoms with Crippen molar-refractivity contribution in [2.75, 3.05) is 0 Å². The van der Waals surface area contributed by atoms with Crippen LogP contribution in [0.15, 0.2) is 24.3 Å². The van der Waals surface area contributed by atoms with Crippen LogP contribution >= 0.6 is 0 Å². The van der Waals surface area contributed by atoms with Gasteiger partial charge in [-0.15, -0.1) is 0 Å².